The molecule has 0 aliphatic rings. The highest BCUT2D eigenvalue weighted by Crippen LogP contribution is 2.43. The Kier molecular flexibility index (Phi) is 6.62. The molecule has 4 aromatic rings. The summed E-state index contributed by atoms with van der Waals surface area (Å²) in [6, 6.07) is 19.9. The van der Waals surface area contributed by atoms with Crippen molar-refractivity contribution in [3.8, 4) is 0 Å². The number of benzene rings is 3. The second-order valence-electron chi connectivity index (χ2n) is 7.33. The van der Waals surface area contributed by atoms with Crippen LogP contribution in [0.4, 0.5) is 10.7 Å². The van der Waals surface area contributed by atoms with E-state index < -0.39 is 17.2 Å². The number of thiophene rings is 1. The summed E-state index contributed by atoms with van der Waals surface area (Å²) in [6.45, 7) is 1.92. The first kappa shape index (κ1) is 22.5. The van der Waals surface area contributed by atoms with Crippen molar-refractivity contribution in [2.24, 2.45) is 0 Å². The van der Waals surface area contributed by atoms with E-state index in [1.165, 1.54) is 15.6 Å². The van der Waals surface area contributed by atoms with Crippen molar-refractivity contribution in [1.29, 1.82) is 0 Å². The quantitative estimate of drug-likeness (QED) is 0.288. The molecule has 1 heterocycles. The van der Waals surface area contributed by atoms with Crippen LogP contribution in [0.15, 0.2) is 66.7 Å². The molecule has 4 rings (SSSR count). The van der Waals surface area contributed by atoms with Gasteiger partial charge in [-0.05, 0) is 78.2 Å². The Morgan fingerprint density at radius 2 is 1.84 bits per heavy atom. The van der Waals surface area contributed by atoms with Gasteiger partial charge in [-0.2, -0.15) is 0 Å². The maximum absolute atomic E-state index is 12.5. The van der Waals surface area contributed by atoms with E-state index in [0.29, 0.717) is 28.6 Å². The third-order valence-electron chi connectivity index (χ3n) is 5.28. The minimum absolute atomic E-state index is 0.244. The topological polar surface area (TPSA) is 77.8 Å². The number of aromatic carboxylic acids is 1. The van der Waals surface area contributed by atoms with Crippen LogP contribution in [0.2, 0.25) is 5.02 Å². The average Bonchev–Trinajstić information content (AvgIpc) is 3.09. The lowest BCUT2D eigenvalue weighted by molar-refractivity contribution is 0.0696. The zero-order valence-corrected chi connectivity index (χ0v) is 19.5. The number of carbonyl (C=O) groups is 1. The molecular weight excluding hydrogens is 466 g/mol. The molecule has 0 aliphatic carbocycles. The average molecular weight is 486 g/mol. The lowest BCUT2D eigenvalue weighted by Gasteiger charge is -2.22. The Balaban J connectivity index is 1.71. The normalized spacial score (nSPS) is 12.1. The van der Waals surface area contributed by atoms with Crippen LogP contribution >= 0.6 is 22.9 Å². The molecule has 32 heavy (non-hydrogen) atoms. The summed E-state index contributed by atoms with van der Waals surface area (Å²) in [5.74, 6) is -0.963. The molecule has 1 unspecified atom stereocenters. The minimum atomic E-state index is -2.28. The second kappa shape index (κ2) is 9.42. The maximum atomic E-state index is 12.5. The van der Waals surface area contributed by atoms with Crippen LogP contribution < -0.4 is 4.31 Å². The van der Waals surface area contributed by atoms with Gasteiger partial charge in [0.25, 0.3) is 11.3 Å². The molecular formula is C24H20ClNO4S2. The molecule has 0 aliphatic heterocycles. The summed E-state index contributed by atoms with van der Waals surface area (Å²) in [6.07, 6.45) is 1.19. The van der Waals surface area contributed by atoms with Gasteiger partial charge in [-0.3, -0.25) is 4.55 Å². The SMILES string of the molecule is Cc1c(N(c2ccccc2CCc2cccc(C(=O)O)c2)S(=O)O)sc2ccc(Cl)cc12. The lowest BCUT2D eigenvalue weighted by atomic mass is 10.0. The summed E-state index contributed by atoms with van der Waals surface area (Å²) in [5.41, 5.74) is 3.56. The third-order valence-corrected chi connectivity index (χ3v) is 7.58. The number of anilines is 2. The number of aryl methyl sites for hydroxylation is 3. The Morgan fingerprint density at radius 1 is 1.06 bits per heavy atom. The van der Waals surface area contributed by atoms with Crippen LogP contribution in [0.3, 0.4) is 0 Å². The van der Waals surface area contributed by atoms with Gasteiger partial charge in [0.05, 0.1) is 11.3 Å². The smallest absolute Gasteiger partial charge is 0.335 e. The number of carboxylic acids is 1. The van der Waals surface area contributed by atoms with E-state index in [0.717, 1.165) is 26.8 Å². The molecule has 0 saturated carbocycles. The van der Waals surface area contributed by atoms with Crippen molar-refractivity contribution >= 4 is 60.9 Å². The van der Waals surface area contributed by atoms with Gasteiger partial charge in [-0.15, -0.1) is 11.3 Å². The van der Waals surface area contributed by atoms with Crippen molar-refractivity contribution in [2.45, 2.75) is 19.8 Å². The van der Waals surface area contributed by atoms with Gasteiger partial charge in [0.1, 0.15) is 5.00 Å². The van der Waals surface area contributed by atoms with E-state index >= 15 is 0 Å². The van der Waals surface area contributed by atoms with Gasteiger partial charge in [0.2, 0.25) is 0 Å². The summed E-state index contributed by atoms with van der Waals surface area (Å²) >= 11 is 5.32. The fraction of sp³-hybridized carbons (Fsp3) is 0.125. The monoisotopic (exact) mass is 485 g/mol. The predicted octanol–water partition coefficient (Wildman–Crippen LogP) is 6.62. The molecule has 5 nitrogen and oxygen atoms in total. The van der Waals surface area contributed by atoms with Crippen LogP contribution in [0.1, 0.15) is 27.0 Å². The van der Waals surface area contributed by atoms with Crippen LogP contribution in [-0.2, 0) is 24.1 Å². The van der Waals surface area contributed by atoms with Gasteiger partial charge in [0, 0.05) is 9.72 Å². The van der Waals surface area contributed by atoms with E-state index in [1.54, 1.807) is 18.2 Å². The van der Waals surface area contributed by atoms with Crippen molar-refractivity contribution in [2.75, 3.05) is 4.31 Å². The largest absolute Gasteiger partial charge is 0.478 e. The fourth-order valence-corrected chi connectivity index (χ4v) is 5.91. The first-order chi connectivity index (χ1) is 15.3. The van der Waals surface area contributed by atoms with E-state index in [-0.39, 0.29) is 5.56 Å². The Hall–Kier alpha value is -2.71. The minimum Gasteiger partial charge on any atom is -0.478 e. The maximum Gasteiger partial charge on any atom is 0.335 e. The van der Waals surface area contributed by atoms with Gasteiger partial charge in [-0.1, -0.05) is 41.9 Å². The molecule has 1 atom stereocenters. The zero-order valence-electron chi connectivity index (χ0n) is 17.1. The van der Waals surface area contributed by atoms with Gasteiger partial charge in [0.15, 0.2) is 0 Å². The number of rotatable bonds is 7. The summed E-state index contributed by atoms with van der Waals surface area (Å²) in [7, 11) is 0. The molecule has 1 aromatic heterocycles. The lowest BCUT2D eigenvalue weighted by Crippen LogP contribution is -2.20. The van der Waals surface area contributed by atoms with Crippen LogP contribution in [0, 0.1) is 6.92 Å². The number of carboxylic acid groups (broad SMARTS) is 1. The molecule has 8 heteroatoms. The number of fused-ring (bicyclic) bond motifs is 1. The van der Waals surface area contributed by atoms with Crippen LogP contribution in [0.25, 0.3) is 10.1 Å². The summed E-state index contributed by atoms with van der Waals surface area (Å²) < 4.78 is 25.2. The standard InChI is InChI=1S/C24H20ClNO4S2/c1-15-20-14-19(25)11-12-22(20)31-23(15)26(32(29)30)21-8-3-2-6-17(21)10-9-16-5-4-7-18(13-16)24(27)28/h2-8,11-14H,9-10H2,1H3,(H,27,28)(H,29,30). The number of hydrogen-bond donors (Lipinski definition) is 2. The molecule has 164 valence electrons. The highest BCUT2D eigenvalue weighted by atomic mass is 35.5. The van der Waals surface area contributed by atoms with Gasteiger partial charge >= 0.3 is 5.97 Å². The fourth-order valence-electron chi connectivity index (χ4n) is 3.70. The molecule has 2 N–H and O–H groups in total. The van der Waals surface area contributed by atoms with E-state index in [4.69, 9.17) is 11.6 Å². The number of hydrogen-bond acceptors (Lipinski definition) is 3. The predicted molar refractivity (Wildman–Crippen MR) is 132 cm³/mol. The highest BCUT2D eigenvalue weighted by molar-refractivity contribution is 7.81. The molecule has 0 spiro atoms. The van der Waals surface area contributed by atoms with E-state index in [2.05, 4.69) is 0 Å². The Bertz CT molecular complexity index is 1330. The molecule has 3 aromatic carbocycles. The number of nitrogens with zero attached hydrogens (tertiary/aromatic N) is 1. The van der Waals surface area contributed by atoms with Crippen molar-refractivity contribution < 1.29 is 18.7 Å². The van der Waals surface area contributed by atoms with E-state index in [9.17, 15) is 18.7 Å². The van der Waals surface area contributed by atoms with E-state index in [1.807, 2.05) is 55.5 Å². The molecule has 0 amide bonds. The Labute approximate surface area is 197 Å². The Morgan fingerprint density at radius 3 is 2.59 bits per heavy atom. The van der Waals surface area contributed by atoms with Crippen molar-refractivity contribution in [1.82, 2.24) is 0 Å². The second-order valence-corrected chi connectivity index (χ2v) is 9.63. The van der Waals surface area contributed by atoms with Gasteiger partial charge in [-0.25, -0.2) is 13.3 Å². The first-order valence-electron chi connectivity index (χ1n) is 9.85. The molecule has 0 saturated heterocycles. The highest BCUT2D eigenvalue weighted by Gasteiger charge is 2.23. The first-order valence-corrected chi connectivity index (χ1v) is 12.1. The van der Waals surface area contributed by atoms with Crippen LogP contribution in [-0.4, -0.2) is 19.8 Å². The van der Waals surface area contributed by atoms with Crippen molar-refractivity contribution in [3.63, 3.8) is 0 Å². The molecule has 0 radical (unpaired) electrons. The van der Waals surface area contributed by atoms with Crippen molar-refractivity contribution in [3.05, 3.63) is 94.0 Å². The molecule has 0 bridgehead atoms. The number of para-hydroxylation sites is 1. The summed E-state index contributed by atoms with van der Waals surface area (Å²) in [5, 5.41) is 11.5. The number of halogens is 1. The van der Waals surface area contributed by atoms with Gasteiger partial charge < -0.3 is 5.11 Å². The zero-order chi connectivity index (χ0) is 22.8. The summed E-state index contributed by atoms with van der Waals surface area (Å²) in [4.78, 5) is 11.3. The third kappa shape index (κ3) is 4.56. The van der Waals surface area contributed by atoms with Crippen LogP contribution in [0.5, 0.6) is 0 Å². The molecule has 0 fully saturated rings.